The van der Waals surface area contributed by atoms with Crippen molar-refractivity contribution in [3.05, 3.63) is 54.0 Å². The highest BCUT2D eigenvalue weighted by Gasteiger charge is 2.23. The third-order valence-electron chi connectivity index (χ3n) is 4.22. The molecule has 1 aromatic heterocycles. The molecule has 1 aliphatic heterocycles. The summed E-state index contributed by atoms with van der Waals surface area (Å²) in [5.74, 6) is -0.204. The third-order valence-corrected chi connectivity index (χ3v) is 4.22. The summed E-state index contributed by atoms with van der Waals surface area (Å²) in [4.78, 5) is 26.6. The van der Waals surface area contributed by atoms with E-state index in [4.69, 9.17) is 4.42 Å². The maximum absolute atomic E-state index is 12.7. The van der Waals surface area contributed by atoms with E-state index >= 15 is 0 Å². The topological polar surface area (TPSA) is 74.6 Å². The largest absolute Gasteiger partial charge is 0.459 e. The maximum atomic E-state index is 12.7. The second-order valence-electron chi connectivity index (χ2n) is 5.86. The predicted molar refractivity (Wildman–Crippen MR) is 98.5 cm³/mol. The Morgan fingerprint density at radius 1 is 1.16 bits per heavy atom. The molecule has 2 heterocycles. The molecule has 7 heteroatoms. The average molecular weight is 364 g/mol. The van der Waals surface area contributed by atoms with Crippen LogP contribution in [0.5, 0.6) is 0 Å². The van der Waals surface area contributed by atoms with Gasteiger partial charge in [0.1, 0.15) is 0 Å². The third kappa shape index (κ3) is 4.41. The number of para-hydroxylation sites is 1. The van der Waals surface area contributed by atoms with Gasteiger partial charge in [0.25, 0.3) is 11.8 Å². The van der Waals surface area contributed by atoms with Gasteiger partial charge in [-0.2, -0.15) is 0 Å². The van der Waals surface area contributed by atoms with Gasteiger partial charge in [-0.1, -0.05) is 12.1 Å². The number of amides is 2. The Labute approximate surface area is 153 Å². The van der Waals surface area contributed by atoms with Crippen molar-refractivity contribution in [2.24, 2.45) is 0 Å². The van der Waals surface area contributed by atoms with Gasteiger partial charge in [-0.15, -0.1) is 12.4 Å². The number of hydrogen-bond donors (Lipinski definition) is 2. The Morgan fingerprint density at radius 3 is 2.56 bits per heavy atom. The Bertz CT molecular complexity index is 712. The number of carbonyl (C=O) groups is 2. The number of rotatable bonds is 4. The van der Waals surface area contributed by atoms with E-state index in [0.717, 1.165) is 25.9 Å². The van der Waals surface area contributed by atoms with Crippen molar-refractivity contribution in [3.63, 3.8) is 0 Å². The lowest BCUT2D eigenvalue weighted by atomic mass is 10.1. The maximum Gasteiger partial charge on any atom is 0.293 e. The standard InChI is InChI=1S/C18H21N3O3.ClH/c1-21(18(23)16-7-4-12-24-16)15-6-3-2-5-14(15)17(22)20-13-8-10-19-11-9-13;/h2-7,12-13,19H,8-11H2,1H3,(H,20,22);1H. The van der Waals surface area contributed by atoms with Crippen molar-refractivity contribution in [3.8, 4) is 0 Å². The SMILES string of the molecule is CN(C(=O)c1ccco1)c1ccccc1C(=O)NC1CCNCC1.Cl. The van der Waals surface area contributed by atoms with Crippen LogP contribution in [0.15, 0.2) is 47.1 Å². The van der Waals surface area contributed by atoms with Crippen molar-refractivity contribution in [2.75, 3.05) is 25.0 Å². The van der Waals surface area contributed by atoms with E-state index in [-0.39, 0.29) is 36.0 Å². The highest BCUT2D eigenvalue weighted by Crippen LogP contribution is 2.22. The molecule has 0 aliphatic carbocycles. The molecule has 2 aromatic rings. The van der Waals surface area contributed by atoms with E-state index < -0.39 is 0 Å². The number of nitrogens with one attached hydrogen (secondary N) is 2. The van der Waals surface area contributed by atoms with Crippen LogP contribution in [0.1, 0.15) is 33.8 Å². The second-order valence-corrected chi connectivity index (χ2v) is 5.86. The van der Waals surface area contributed by atoms with Crippen LogP contribution >= 0.6 is 12.4 Å². The van der Waals surface area contributed by atoms with Gasteiger partial charge >= 0.3 is 0 Å². The van der Waals surface area contributed by atoms with Crippen molar-refractivity contribution in [1.82, 2.24) is 10.6 Å². The molecule has 1 fully saturated rings. The number of halogens is 1. The minimum Gasteiger partial charge on any atom is -0.459 e. The molecule has 0 radical (unpaired) electrons. The van der Waals surface area contributed by atoms with Gasteiger partial charge in [0.15, 0.2) is 5.76 Å². The normalized spacial score (nSPS) is 14.4. The molecule has 2 N–H and O–H groups in total. The zero-order valence-electron chi connectivity index (χ0n) is 14.0. The lowest BCUT2D eigenvalue weighted by Crippen LogP contribution is -2.43. The summed E-state index contributed by atoms with van der Waals surface area (Å²) in [5, 5.41) is 6.34. The first-order valence-corrected chi connectivity index (χ1v) is 8.09. The van der Waals surface area contributed by atoms with E-state index in [0.29, 0.717) is 11.3 Å². The summed E-state index contributed by atoms with van der Waals surface area (Å²) < 4.78 is 5.16. The first-order chi connectivity index (χ1) is 11.7. The van der Waals surface area contributed by atoms with Crippen molar-refractivity contribution in [2.45, 2.75) is 18.9 Å². The fourth-order valence-corrected chi connectivity index (χ4v) is 2.86. The van der Waals surface area contributed by atoms with Gasteiger partial charge in [0, 0.05) is 13.1 Å². The molecule has 0 atom stereocenters. The molecule has 0 spiro atoms. The zero-order valence-corrected chi connectivity index (χ0v) is 14.8. The van der Waals surface area contributed by atoms with Crippen molar-refractivity contribution in [1.29, 1.82) is 0 Å². The summed E-state index contributed by atoms with van der Waals surface area (Å²) in [7, 11) is 1.64. The molecule has 0 bridgehead atoms. The van der Waals surface area contributed by atoms with Crippen molar-refractivity contribution < 1.29 is 14.0 Å². The molecule has 0 unspecified atom stereocenters. The Balaban J connectivity index is 0.00000225. The molecule has 0 saturated carbocycles. The fraction of sp³-hybridized carbons (Fsp3) is 0.333. The number of anilines is 1. The highest BCUT2D eigenvalue weighted by atomic mass is 35.5. The zero-order chi connectivity index (χ0) is 16.9. The monoisotopic (exact) mass is 363 g/mol. The minimum atomic E-state index is -0.290. The van der Waals surface area contributed by atoms with Crippen LogP contribution in [0, 0.1) is 0 Å². The summed E-state index contributed by atoms with van der Waals surface area (Å²) in [6.45, 7) is 1.81. The van der Waals surface area contributed by atoms with Gasteiger partial charge in [-0.25, -0.2) is 0 Å². The quantitative estimate of drug-likeness (QED) is 0.875. The lowest BCUT2D eigenvalue weighted by Gasteiger charge is -2.25. The molecule has 3 rings (SSSR count). The Hall–Kier alpha value is -2.31. The summed E-state index contributed by atoms with van der Waals surface area (Å²) >= 11 is 0. The van der Waals surface area contributed by atoms with E-state index in [1.165, 1.54) is 11.2 Å². The molecule has 1 aromatic carbocycles. The van der Waals surface area contributed by atoms with E-state index in [9.17, 15) is 9.59 Å². The number of hydrogen-bond acceptors (Lipinski definition) is 4. The summed E-state index contributed by atoms with van der Waals surface area (Å²) in [6, 6.07) is 10.5. The molecule has 1 saturated heterocycles. The molecular formula is C18H22ClN3O3. The highest BCUT2D eigenvalue weighted by molar-refractivity contribution is 6.09. The first kappa shape index (κ1) is 19.0. The van der Waals surface area contributed by atoms with E-state index in [1.54, 1.807) is 37.4 Å². The van der Waals surface area contributed by atoms with Gasteiger partial charge in [0.05, 0.1) is 17.5 Å². The van der Waals surface area contributed by atoms with Crippen LogP contribution in [0.3, 0.4) is 0 Å². The van der Waals surface area contributed by atoms with Crippen LogP contribution in [-0.2, 0) is 0 Å². The van der Waals surface area contributed by atoms with Crippen LogP contribution in [0.25, 0.3) is 0 Å². The van der Waals surface area contributed by atoms with E-state index in [1.807, 2.05) is 6.07 Å². The molecule has 2 amide bonds. The van der Waals surface area contributed by atoms with Gasteiger partial charge in [-0.05, 0) is 50.2 Å². The number of benzene rings is 1. The van der Waals surface area contributed by atoms with Gasteiger partial charge in [0.2, 0.25) is 0 Å². The molecule has 25 heavy (non-hydrogen) atoms. The first-order valence-electron chi connectivity index (χ1n) is 8.09. The average Bonchev–Trinajstić information content (AvgIpc) is 3.16. The fourth-order valence-electron chi connectivity index (χ4n) is 2.86. The van der Waals surface area contributed by atoms with Gasteiger partial charge < -0.3 is 20.0 Å². The van der Waals surface area contributed by atoms with E-state index in [2.05, 4.69) is 10.6 Å². The number of furan rings is 1. The molecular weight excluding hydrogens is 342 g/mol. The smallest absolute Gasteiger partial charge is 0.293 e. The van der Waals surface area contributed by atoms with Crippen LogP contribution in [0.2, 0.25) is 0 Å². The number of piperidine rings is 1. The number of carbonyl (C=O) groups excluding carboxylic acids is 2. The molecule has 1 aliphatic rings. The molecule has 134 valence electrons. The Kier molecular flexibility index (Phi) is 6.61. The summed E-state index contributed by atoms with van der Waals surface area (Å²) in [5.41, 5.74) is 1.05. The second kappa shape index (κ2) is 8.69. The Morgan fingerprint density at radius 2 is 1.88 bits per heavy atom. The lowest BCUT2D eigenvalue weighted by molar-refractivity contribution is 0.0930. The van der Waals surface area contributed by atoms with Crippen molar-refractivity contribution >= 4 is 29.9 Å². The number of nitrogens with zero attached hydrogens (tertiary/aromatic N) is 1. The van der Waals surface area contributed by atoms with Gasteiger partial charge in [-0.3, -0.25) is 9.59 Å². The van der Waals surface area contributed by atoms with Crippen LogP contribution in [0.4, 0.5) is 5.69 Å². The van der Waals surface area contributed by atoms with Crippen LogP contribution in [-0.4, -0.2) is 38.0 Å². The molecule has 6 nitrogen and oxygen atoms in total. The predicted octanol–water partition coefficient (Wildman–Crippen LogP) is 2.46. The minimum absolute atomic E-state index is 0. The van der Waals surface area contributed by atoms with Crippen LogP contribution < -0.4 is 15.5 Å². The summed E-state index contributed by atoms with van der Waals surface area (Å²) in [6.07, 6.45) is 3.28.